The number of rotatable bonds is 3. The number of methoxy groups -OCH3 is 2. The first-order chi connectivity index (χ1) is 13.1. The molecular formula is C22H25NO4. The molecule has 2 aliphatic rings. The molecule has 1 amide bonds. The number of likely N-dealkylation sites (tertiary alicyclic amines) is 1. The average Bonchev–Trinajstić information content (AvgIpc) is 2.73. The van der Waals surface area contributed by atoms with Crippen molar-refractivity contribution < 1.29 is 19.0 Å². The van der Waals surface area contributed by atoms with Crippen molar-refractivity contribution in [2.75, 3.05) is 27.3 Å². The third-order valence-corrected chi connectivity index (χ3v) is 5.75. The topological polar surface area (TPSA) is 48.0 Å². The highest BCUT2D eigenvalue weighted by atomic mass is 16.5. The Balaban J connectivity index is 1.46. The molecule has 0 atom stereocenters. The summed E-state index contributed by atoms with van der Waals surface area (Å²) in [5.41, 5.74) is 1.71. The fourth-order valence-electron chi connectivity index (χ4n) is 4.07. The van der Waals surface area contributed by atoms with Crippen molar-refractivity contribution in [1.82, 2.24) is 4.90 Å². The summed E-state index contributed by atoms with van der Waals surface area (Å²) in [6.07, 6.45) is 3.76. The van der Waals surface area contributed by atoms with Crippen LogP contribution in [-0.2, 0) is 6.42 Å². The number of aryl methyl sites for hydroxylation is 1. The van der Waals surface area contributed by atoms with Crippen molar-refractivity contribution in [2.24, 2.45) is 0 Å². The van der Waals surface area contributed by atoms with Crippen LogP contribution in [0.2, 0.25) is 0 Å². The van der Waals surface area contributed by atoms with Crippen LogP contribution in [0.4, 0.5) is 0 Å². The Kier molecular flexibility index (Phi) is 4.68. The molecule has 5 heteroatoms. The minimum Gasteiger partial charge on any atom is -0.497 e. The number of piperidine rings is 1. The van der Waals surface area contributed by atoms with Gasteiger partial charge >= 0.3 is 0 Å². The van der Waals surface area contributed by atoms with Gasteiger partial charge in [-0.05, 0) is 36.6 Å². The summed E-state index contributed by atoms with van der Waals surface area (Å²) >= 11 is 0. The number of carbonyl (C=O) groups is 1. The van der Waals surface area contributed by atoms with Crippen LogP contribution in [0.3, 0.4) is 0 Å². The highest BCUT2D eigenvalue weighted by Gasteiger charge is 2.40. The Morgan fingerprint density at radius 1 is 1.04 bits per heavy atom. The highest BCUT2D eigenvalue weighted by molar-refractivity contribution is 5.97. The summed E-state index contributed by atoms with van der Waals surface area (Å²) < 4.78 is 17.0. The molecule has 0 N–H and O–H groups in total. The van der Waals surface area contributed by atoms with Crippen LogP contribution in [0.15, 0.2) is 42.5 Å². The van der Waals surface area contributed by atoms with Crippen LogP contribution in [0.1, 0.15) is 35.2 Å². The Bertz CT molecular complexity index is 840. The molecule has 1 spiro atoms. The lowest BCUT2D eigenvalue weighted by Crippen LogP contribution is -2.51. The molecule has 0 bridgehead atoms. The van der Waals surface area contributed by atoms with Gasteiger partial charge in [-0.25, -0.2) is 0 Å². The molecular weight excluding hydrogens is 342 g/mol. The van der Waals surface area contributed by atoms with Crippen LogP contribution in [-0.4, -0.2) is 43.7 Å². The lowest BCUT2D eigenvalue weighted by Gasteiger charge is -2.44. The Labute approximate surface area is 159 Å². The molecule has 27 heavy (non-hydrogen) atoms. The van der Waals surface area contributed by atoms with E-state index in [1.165, 1.54) is 5.56 Å². The molecule has 2 aromatic carbocycles. The maximum Gasteiger partial charge on any atom is 0.257 e. The highest BCUT2D eigenvalue weighted by Crippen LogP contribution is 2.39. The molecule has 5 nitrogen and oxygen atoms in total. The summed E-state index contributed by atoms with van der Waals surface area (Å²) in [5, 5.41) is 0. The number of nitrogens with zero attached hydrogens (tertiary/aromatic N) is 1. The van der Waals surface area contributed by atoms with Gasteiger partial charge in [0.15, 0.2) is 0 Å². The van der Waals surface area contributed by atoms with Gasteiger partial charge in [0, 0.05) is 32.0 Å². The molecule has 2 aliphatic heterocycles. The number of para-hydroxylation sites is 1. The summed E-state index contributed by atoms with van der Waals surface area (Å²) in [6, 6.07) is 13.6. The van der Waals surface area contributed by atoms with Crippen molar-refractivity contribution in [3.63, 3.8) is 0 Å². The molecule has 0 saturated carbocycles. The summed E-state index contributed by atoms with van der Waals surface area (Å²) in [4.78, 5) is 14.9. The van der Waals surface area contributed by atoms with Crippen LogP contribution < -0.4 is 14.2 Å². The zero-order chi connectivity index (χ0) is 18.9. The minimum atomic E-state index is -0.144. The molecule has 0 unspecified atom stereocenters. The van der Waals surface area contributed by atoms with E-state index in [1.54, 1.807) is 32.4 Å². The third kappa shape index (κ3) is 3.34. The quantitative estimate of drug-likeness (QED) is 0.830. The summed E-state index contributed by atoms with van der Waals surface area (Å²) in [7, 11) is 3.17. The summed E-state index contributed by atoms with van der Waals surface area (Å²) in [5.74, 6) is 2.22. The Hall–Kier alpha value is -2.69. The predicted octanol–water partition coefficient (Wildman–Crippen LogP) is 3.70. The number of ether oxygens (including phenoxy) is 3. The maximum atomic E-state index is 13.0. The largest absolute Gasteiger partial charge is 0.497 e. The summed E-state index contributed by atoms with van der Waals surface area (Å²) in [6.45, 7) is 1.38. The van der Waals surface area contributed by atoms with Gasteiger partial charge in [-0.3, -0.25) is 4.79 Å². The molecule has 4 rings (SSSR count). The Morgan fingerprint density at radius 3 is 2.56 bits per heavy atom. The van der Waals surface area contributed by atoms with E-state index in [-0.39, 0.29) is 11.5 Å². The van der Waals surface area contributed by atoms with Crippen LogP contribution in [0.25, 0.3) is 0 Å². The van der Waals surface area contributed by atoms with E-state index in [0.717, 1.165) is 31.4 Å². The second-order valence-electron chi connectivity index (χ2n) is 7.25. The molecule has 142 valence electrons. The van der Waals surface area contributed by atoms with Crippen LogP contribution >= 0.6 is 0 Å². The van der Waals surface area contributed by atoms with Crippen molar-refractivity contribution in [3.8, 4) is 17.2 Å². The van der Waals surface area contributed by atoms with Crippen molar-refractivity contribution in [3.05, 3.63) is 53.6 Å². The molecule has 2 heterocycles. The predicted molar refractivity (Wildman–Crippen MR) is 103 cm³/mol. The van der Waals surface area contributed by atoms with Crippen molar-refractivity contribution in [2.45, 2.75) is 31.3 Å². The Morgan fingerprint density at radius 2 is 1.81 bits per heavy atom. The number of hydrogen-bond acceptors (Lipinski definition) is 4. The first-order valence-corrected chi connectivity index (χ1v) is 9.42. The maximum absolute atomic E-state index is 13.0. The number of hydrogen-bond donors (Lipinski definition) is 0. The van der Waals surface area contributed by atoms with Gasteiger partial charge in [0.05, 0.1) is 19.8 Å². The second kappa shape index (κ2) is 7.14. The lowest BCUT2D eigenvalue weighted by molar-refractivity contribution is -0.0107. The first kappa shape index (κ1) is 17.7. The fraction of sp³-hybridized carbons (Fsp3) is 0.409. The van der Waals surface area contributed by atoms with Gasteiger partial charge < -0.3 is 19.1 Å². The van der Waals surface area contributed by atoms with Gasteiger partial charge in [-0.1, -0.05) is 18.2 Å². The van der Waals surface area contributed by atoms with Crippen LogP contribution in [0, 0.1) is 0 Å². The van der Waals surface area contributed by atoms with E-state index >= 15 is 0 Å². The van der Waals surface area contributed by atoms with Gasteiger partial charge in [0.2, 0.25) is 0 Å². The van der Waals surface area contributed by atoms with E-state index in [0.29, 0.717) is 30.2 Å². The standard InChI is InChI=1S/C22H25NO4/c1-25-17-7-8-18(20(15-17)26-2)21(24)23-13-11-22(12-14-23)10-9-16-5-3-4-6-19(16)27-22/h3-8,15H,9-14H2,1-2H3. The van der Waals surface area contributed by atoms with Gasteiger partial charge in [-0.2, -0.15) is 0 Å². The van der Waals surface area contributed by atoms with Crippen molar-refractivity contribution in [1.29, 1.82) is 0 Å². The number of amides is 1. The molecule has 0 aromatic heterocycles. The number of fused-ring (bicyclic) bond motifs is 1. The zero-order valence-corrected chi connectivity index (χ0v) is 15.9. The average molecular weight is 367 g/mol. The molecule has 0 aliphatic carbocycles. The SMILES string of the molecule is COc1ccc(C(=O)N2CCC3(CCc4ccccc4O3)CC2)c(OC)c1. The molecule has 1 fully saturated rings. The van der Waals surface area contributed by atoms with Gasteiger partial charge in [0.1, 0.15) is 22.8 Å². The van der Waals surface area contributed by atoms with E-state index in [9.17, 15) is 4.79 Å². The third-order valence-electron chi connectivity index (χ3n) is 5.75. The smallest absolute Gasteiger partial charge is 0.257 e. The van der Waals surface area contributed by atoms with E-state index in [2.05, 4.69) is 18.2 Å². The second-order valence-corrected chi connectivity index (χ2v) is 7.25. The first-order valence-electron chi connectivity index (χ1n) is 9.42. The lowest BCUT2D eigenvalue weighted by atomic mass is 9.83. The molecule has 2 aromatic rings. The molecule has 0 radical (unpaired) electrons. The van der Waals surface area contributed by atoms with Gasteiger partial charge in [-0.15, -0.1) is 0 Å². The van der Waals surface area contributed by atoms with E-state index < -0.39 is 0 Å². The zero-order valence-electron chi connectivity index (χ0n) is 15.9. The van der Waals surface area contributed by atoms with Crippen molar-refractivity contribution >= 4 is 5.91 Å². The minimum absolute atomic E-state index is 0.000521. The monoisotopic (exact) mass is 367 g/mol. The fourth-order valence-corrected chi connectivity index (χ4v) is 4.07. The van der Waals surface area contributed by atoms with Crippen LogP contribution in [0.5, 0.6) is 17.2 Å². The molecule has 1 saturated heterocycles. The van der Waals surface area contributed by atoms with E-state index in [4.69, 9.17) is 14.2 Å². The number of carbonyl (C=O) groups excluding carboxylic acids is 1. The van der Waals surface area contributed by atoms with Gasteiger partial charge in [0.25, 0.3) is 5.91 Å². The normalized spacial score (nSPS) is 17.8. The number of benzene rings is 2. The van der Waals surface area contributed by atoms with E-state index in [1.807, 2.05) is 11.0 Å².